The molecule has 0 atom stereocenters. The number of hydrogen-bond donors (Lipinski definition) is 3. The minimum atomic E-state index is -4.02. The van der Waals surface area contributed by atoms with Gasteiger partial charge in [0.05, 0.1) is 23.6 Å². The van der Waals surface area contributed by atoms with Crippen LogP contribution in [-0.2, 0) is 10.0 Å². The molecule has 0 saturated carbocycles. The van der Waals surface area contributed by atoms with Gasteiger partial charge in [-0.05, 0) is 18.2 Å². The zero-order chi connectivity index (χ0) is 14.8. The van der Waals surface area contributed by atoms with E-state index in [-0.39, 0.29) is 22.1 Å². The zero-order valence-electron chi connectivity index (χ0n) is 9.89. The molecule has 1 aromatic carbocycles. The van der Waals surface area contributed by atoms with E-state index in [1.807, 2.05) is 0 Å². The lowest BCUT2D eigenvalue weighted by molar-refractivity contribution is 0.0697. The van der Waals surface area contributed by atoms with Crippen molar-refractivity contribution in [1.82, 2.24) is 15.2 Å². The number of carbonyl (C=O) groups is 1. The quantitative estimate of drug-likeness (QED) is 0.665. The van der Waals surface area contributed by atoms with E-state index in [0.29, 0.717) is 0 Å². The van der Waals surface area contributed by atoms with Gasteiger partial charge < -0.3 is 10.8 Å². The maximum Gasteiger partial charge on any atom is 0.335 e. The monoisotopic (exact) mass is 295 g/mol. The molecule has 0 aliphatic heterocycles. The van der Waals surface area contributed by atoms with Gasteiger partial charge in [0, 0.05) is 0 Å². The van der Waals surface area contributed by atoms with Crippen LogP contribution in [0.4, 0.5) is 11.6 Å². The second kappa shape index (κ2) is 5.09. The first-order chi connectivity index (χ1) is 9.40. The number of rotatable bonds is 4. The first kappa shape index (κ1) is 13.7. The van der Waals surface area contributed by atoms with Gasteiger partial charge in [-0.25, -0.2) is 22.9 Å². The Hall–Kier alpha value is -2.75. The molecule has 1 heterocycles. The van der Waals surface area contributed by atoms with Crippen molar-refractivity contribution >= 4 is 27.6 Å². The normalized spacial score (nSPS) is 11.0. The average molecular weight is 295 g/mol. The molecule has 0 aliphatic carbocycles. The number of carboxylic acids is 1. The maximum atomic E-state index is 12.1. The summed E-state index contributed by atoms with van der Waals surface area (Å²) in [5.74, 6) is -1.42. The van der Waals surface area contributed by atoms with Crippen LogP contribution in [0.3, 0.4) is 0 Å². The Kier molecular flexibility index (Phi) is 3.48. The van der Waals surface area contributed by atoms with Gasteiger partial charge in [0.15, 0.2) is 0 Å². The summed E-state index contributed by atoms with van der Waals surface area (Å²) in [6, 6.07) is 3.29. The van der Waals surface area contributed by atoms with Crippen molar-refractivity contribution in [3.63, 3.8) is 0 Å². The number of aromatic carboxylic acids is 1. The molecule has 2 aromatic rings. The SMILES string of the molecule is Nc1cc(C(=O)O)ccc1S(=O)(=O)Nc1nccnn1. The minimum Gasteiger partial charge on any atom is -0.478 e. The Morgan fingerprint density at radius 2 is 2.05 bits per heavy atom. The molecule has 0 amide bonds. The van der Waals surface area contributed by atoms with Crippen LogP contribution in [0.15, 0.2) is 35.5 Å². The van der Waals surface area contributed by atoms with Crippen molar-refractivity contribution in [3.8, 4) is 0 Å². The molecule has 9 nitrogen and oxygen atoms in total. The molecule has 0 saturated heterocycles. The largest absolute Gasteiger partial charge is 0.478 e. The van der Waals surface area contributed by atoms with E-state index in [4.69, 9.17) is 10.8 Å². The first-order valence-corrected chi connectivity index (χ1v) is 6.68. The van der Waals surface area contributed by atoms with Crippen LogP contribution < -0.4 is 10.5 Å². The molecule has 104 valence electrons. The highest BCUT2D eigenvalue weighted by atomic mass is 32.2. The van der Waals surface area contributed by atoms with Crippen LogP contribution in [0.2, 0.25) is 0 Å². The molecule has 0 aliphatic rings. The van der Waals surface area contributed by atoms with Gasteiger partial charge >= 0.3 is 5.97 Å². The molecule has 10 heteroatoms. The lowest BCUT2D eigenvalue weighted by Crippen LogP contribution is -2.17. The molecule has 2 rings (SSSR count). The highest BCUT2D eigenvalue weighted by molar-refractivity contribution is 7.92. The highest BCUT2D eigenvalue weighted by Crippen LogP contribution is 2.21. The van der Waals surface area contributed by atoms with Gasteiger partial charge in [-0.15, -0.1) is 5.10 Å². The molecular formula is C10H9N5O4S. The van der Waals surface area contributed by atoms with Crippen molar-refractivity contribution in [2.24, 2.45) is 0 Å². The van der Waals surface area contributed by atoms with Gasteiger partial charge in [0.2, 0.25) is 0 Å². The standard InChI is InChI=1S/C10H9N5O4S/c11-7-5-6(9(16)17)1-2-8(7)20(18,19)15-10-12-3-4-13-14-10/h1-5H,11H2,(H,16,17)(H,12,14,15). The molecular weight excluding hydrogens is 286 g/mol. The number of sulfonamides is 1. The number of hydrogen-bond acceptors (Lipinski definition) is 7. The predicted molar refractivity (Wildman–Crippen MR) is 68.4 cm³/mol. The fourth-order valence-electron chi connectivity index (χ4n) is 1.40. The second-order valence-electron chi connectivity index (χ2n) is 3.63. The molecule has 0 bridgehead atoms. The van der Waals surface area contributed by atoms with Gasteiger partial charge in [0.25, 0.3) is 16.0 Å². The minimum absolute atomic E-state index is 0.112. The van der Waals surface area contributed by atoms with Crippen LogP contribution in [0, 0.1) is 0 Å². The van der Waals surface area contributed by atoms with Crippen molar-refractivity contribution in [2.75, 3.05) is 10.5 Å². The topological polar surface area (TPSA) is 148 Å². The molecule has 1 aromatic heterocycles. The van der Waals surface area contributed by atoms with Gasteiger partial charge in [-0.1, -0.05) is 0 Å². The van der Waals surface area contributed by atoms with E-state index in [0.717, 1.165) is 18.2 Å². The fraction of sp³-hybridized carbons (Fsp3) is 0. The lowest BCUT2D eigenvalue weighted by atomic mass is 10.2. The summed E-state index contributed by atoms with van der Waals surface area (Å²) in [6.45, 7) is 0. The Bertz CT molecular complexity index is 747. The third-order valence-electron chi connectivity index (χ3n) is 2.25. The van der Waals surface area contributed by atoms with Crippen LogP contribution in [0.5, 0.6) is 0 Å². The number of nitrogens with two attached hydrogens (primary N) is 1. The van der Waals surface area contributed by atoms with E-state index in [2.05, 4.69) is 19.9 Å². The van der Waals surface area contributed by atoms with Gasteiger partial charge in [0.1, 0.15) is 4.90 Å². The Balaban J connectivity index is 2.37. The Labute approximate surface area is 113 Å². The summed E-state index contributed by atoms with van der Waals surface area (Å²) in [5, 5.41) is 15.7. The summed E-state index contributed by atoms with van der Waals surface area (Å²) >= 11 is 0. The van der Waals surface area contributed by atoms with E-state index < -0.39 is 16.0 Å². The summed E-state index contributed by atoms with van der Waals surface area (Å²) in [4.78, 5) is 14.2. The van der Waals surface area contributed by atoms with E-state index >= 15 is 0 Å². The number of carboxylic acid groups (broad SMARTS) is 1. The number of aromatic nitrogens is 3. The van der Waals surface area contributed by atoms with Crippen LogP contribution in [-0.4, -0.2) is 34.7 Å². The molecule has 0 spiro atoms. The van der Waals surface area contributed by atoms with Gasteiger partial charge in [-0.3, -0.25) is 0 Å². The summed E-state index contributed by atoms with van der Waals surface area (Å²) in [6.07, 6.45) is 2.55. The third kappa shape index (κ3) is 2.80. The van der Waals surface area contributed by atoms with Crippen LogP contribution in [0.25, 0.3) is 0 Å². The van der Waals surface area contributed by atoms with E-state index in [1.165, 1.54) is 12.4 Å². The van der Waals surface area contributed by atoms with Crippen molar-refractivity contribution in [3.05, 3.63) is 36.2 Å². The summed E-state index contributed by atoms with van der Waals surface area (Å²) < 4.78 is 26.2. The van der Waals surface area contributed by atoms with Crippen molar-refractivity contribution < 1.29 is 18.3 Å². The molecule has 4 N–H and O–H groups in total. The van der Waals surface area contributed by atoms with Crippen molar-refractivity contribution in [1.29, 1.82) is 0 Å². The average Bonchev–Trinajstić information content (AvgIpc) is 2.38. The maximum absolute atomic E-state index is 12.1. The van der Waals surface area contributed by atoms with Crippen LogP contribution >= 0.6 is 0 Å². The van der Waals surface area contributed by atoms with E-state index in [1.54, 1.807) is 0 Å². The van der Waals surface area contributed by atoms with Crippen molar-refractivity contribution in [2.45, 2.75) is 4.90 Å². The molecule has 0 fully saturated rings. The Morgan fingerprint density at radius 3 is 2.60 bits per heavy atom. The number of benzene rings is 1. The van der Waals surface area contributed by atoms with Crippen LogP contribution in [0.1, 0.15) is 10.4 Å². The zero-order valence-corrected chi connectivity index (χ0v) is 10.7. The third-order valence-corrected chi connectivity index (χ3v) is 3.66. The highest BCUT2D eigenvalue weighted by Gasteiger charge is 2.20. The number of nitrogen functional groups attached to an aromatic ring is 1. The Morgan fingerprint density at radius 1 is 1.30 bits per heavy atom. The smallest absolute Gasteiger partial charge is 0.335 e. The fourth-order valence-corrected chi connectivity index (χ4v) is 2.46. The molecule has 0 unspecified atom stereocenters. The summed E-state index contributed by atoms with van der Waals surface area (Å²) in [7, 11) is -4.02. The number of anilines is 2. The first-order valence-electron chi connectivity index (χ1n) is 5.19. The van der Waals surface area contributed by atoms with Gasteiger partial charge in [-0.2, -0.15) is 5.10 Å². The lowest BCUT2D eigenvalue weighted by Gasteiger charge is -2.08. The number of nitrogens with zero attached hydrogens (tertiary/aromatic N) is 3. The predicted octanol–water partition coefficient (Wildman–Crippen LogP) is -0.0472. The molecule has 0 radical (unpaired) electrons. The molecule has 20 heavy (non-hydrogen) atoms. The second-order valence-corrected chi connectivity index (χ2v) is 5.28. The number of nitrogens with one attached hydrogen (secondary N) is 1. The summed E-state index contributed by atoms with van der Waals surface area (Å²) in [5.41, 5.74) is 5.25. The van der Waals surface area contributed by atoms with E-state index in [9.17, 15) is 13.2 Å².